The first-order chi connectivity index (χ1) is 20.2. The molecule has 0 saturated carbocycles. The summed E-state index contributed by atoms with van der Waals surface area (Å²) in [4.78, 5) is 23.6. The Morgan fingerprint density at radius 3 is 2.76 bits per heavy atom. The zero-order valence-electron chi connectivity index (χ0n) is 24.0. The number of aromatic carboxylic acids is 1. The molecule has 1 saturated heterocycles. The Morgan fingerprint density at radius 2 is 2.05 bits per heavy atom. The maximum Gasteiger partial charge on any atom is 0.335 e. The first kappa shape index (κ1) is 29.2. The van der Waals surface area contributed by atoms with Gasteiger partial charge in [-0.15, -0.1) is 0 Å². The smallest absolute Gasteiger partial charge is 0.335 e. The minimum Gasteiger partial charge on any atom is -0.478 e. The van der Waals surface area contributed by atoms with Gasteiger partial charge in [-0.1, -0.05) is 12.1 Å². The highest BCUT2D eigenvalue weighted by atomic mass is 19.1. The molecule has 0 spiro atoms. The van der Waals surface area contributed by atoms with Crippen molar-refractivity contribution in [3.8, 4) is 11.9 Å². The molecular formula is C32H34FN5O4. The van der Waals surface area contributed by atoms with Crippen LogP contribution in [-0.4, -0.2) is 56.3 Å². The quantitative estimate of drug-likeness (QED) is 0.265. The summed E-state index contributed by atoms with van der Waals surface area (Å²) in [5.41, 5.74) is 3.37. The number of benzene rings is 2. The zero-order valence-corrected chi connectivity index (χ0v) is 24.0. The van der Waals surface area contributed by atoms with E-state index in [0.717, 1.165) is 41.9 Å². The normalized spacial score (nSPS) is 18.1. The summed E-state index contributed by atoms with van der Waals surface area (Å²) in [7, 11) is 1.67. The number of carbonyl (C=O) groups is 1. The van der Waals surface area contributed by atoms with Crippen LogP contribution in [0.15, 0.2) is 54.6 Å². The van der Waals surface area contributed by atoms with Gasteiger partial charge in [0.05, 0.1) is 47.4 Å². The van der Waals surface area contributed by atoms with Crippen molar-refractivity contribution in [3.05, 3.63) is 88.6 Å². The number of nitrogens with zero attached hydrogens (tertiary/aromatic N) is 5. The Hall–Kier alpha value is -4.33. The Bertz CT molecular complexity index is 1630. The van der Waals surface area contributed by atoms with Crippen LogP contribution < -0.4 is 4.74 Å². The predicted octanol–water partition coefficient (Wildman–Crippen LogP) is 5.52. The van der Waals surface area contributed by atoms with Crippen LogP contribution in [0.25, 0.3) is 11.0 Å². The highest BCUT2D eigenvalue weighted by molar-refractivity contribution is 5.92. The second-order valence-corrected chi connectivity index (χ2v) is 10.8. The van der Waals surface area contributed by atoms with Crippen molar-refractivity contribution in [3.63, 3.8) is 0 Å². The molecule has 2 aromatic carbocycles. The summed E-state index contributed by atoms with van der Waals surface area (Å²) in [5.74, 6) is 0.125. The SMILES string of the molecule is CO[C@H](C)Cn1c(CN2CCC(c3cccc(OCc4ccc(C#N)cc4F)n3)CC2C)nc2ccc(C(=O)O)cc21. The lowest BCUT2D eigenvalue weighted by atomic mass is 9.88. The first-order valence-electron chi connectivity index (χ1n) is 14.0. The fourth-order valence-electron chi connectivity index (χ4n) is 5.49. The van der Waals surface area contributed by atoms with Gasteiger partial charge in [0.1, 0.15) is 18.2 Å². The number of ether oxygens (including phenoxy) is 2. The van der Waals surface area contributed by atoms with Crippen LogP contribution in [0.3, 0.4) is 0 Å². The Morgan fingerprint density at radius 1 is 1.21 bits per heavy atom. The molecule has 0 aliphatic carbocycles. The molecule has 1 aliphatic heterocycles. The fraction of sp³-hybridized carbons (Fsp3) is 0.375. The second kappa shape index (κ2) is 12.7. The number of nitriles is 1. The van der Waals surface area contributed by atoms with Gasteiger partial charge in [0, 0.05) is 36.4 Å². The van der Waals surface area contributed by atoms with E-state index in [1.165, 1.54) is 6.07 Å². The number of halogens is 1. The maximum atomic E-state index is 14.3. The first-order valence-corrected chi connectivity index (χ1v) is 14.0. The molecule has 1 N–H and O–H groups in total. The van der Waals surface area contributed by atoms with Crippen molar-refractivity contribution in [1.82, 2.24) is 19.4 Å². The summed E-state index contributed by atoms with van der Waals surface area (Å²) < 4.78 is 27.7. The molecular weight excluding hydrogens is 537 g/mol. The van der Waals surface area contributed by atoms with Gasteiger partial charge < -0.3 is 19.1 Å². The predicted molar refractivity (Wildman–Crippen MR) is 155 cm³/mol. The minimum atomic E-state index is -0.966. The van der Waals surface area contributed by atoms with Gasteiger partial charge in [-0.05, 0) is 69.6 Å². The molecule has 3 heterocycles. The van der Waals surface area contributed by atoms with Crippen molar-refractivity contribution >= 4 is 17.0 Å². The van der Waals surface area contributed by atoms with Crippen molar-refractivity contribution < 1.29 is 23.8 Å². The summed E-state index contributed by atoms with van der Waals surface area (Å²) in [6.07, 6.45) is 1.74. The van der Waals surface area contributed by atoms with Crippen LogP contribution in [0.2, 0.25) is 0 Å². The van der Waals surface area contributed by atoms with Crippen molar-refractivity contribution in [2.45, 2.75) is 64.4 Å². The highest BCUT2D eigenvalue weighted by Gasteiger charge is 2.29. The average Bonchev–Trinajstić information content (AvgIpc) is 3.33. The molecule has 1 aliphatic rings. The van der Waals surface area contributed by atoms with E-state index >= 15 is 0 Å². The van der Waals surface area contributed by atoms with Crippen LogP contribution in [0, 0.1) is 17.1 Å². The second-order valence-electron chi connectivity index (χ2n) is 10.8. The number of hydrogen-bond acceptors (Lipinski definition) is 7. The molecule has 10 heteroatoms. The Labute approximate surface area is 244 Å². The van der Waals surface area contributed by atoms with Crippen LogP contribution in [0.4, 0.5) is 4.39 Å². The molecule has 0 bridgehead atoms. The lowest BCUT2D eigenvalue weighted by molar-refractivity contribution is 0.0697. The van der Waals surface area contributed by atoms with Gasteiger partial charge in [-0.3, -0.25) is 4.90 Å². The van der Waals surface area contributed by atoms with E-state index < -0.39 is 11.8 Å². The van der Waals surface area contributed by atoms with E-state index in [1.54, 1.807) is 43.5 Å². The lowest BCUT2D eigenvalue weighted by Gasteiger charge is -2.37. The van der Waals surface area contributed by atoms with Gasteiger partial charge in [-0.25, -0.2) is 19.2 Å². The van der Waals surface area contributed by atoms with Crippen LogP contribution in [0.1, 0.15) is 65.6 Å². The Kier molecular flexibility index (Phi) is 8.80. The number of pyridine rings is 1. The number of imidazole rings is 1. The standard InChI is InChI=1S/C32H34FN5O4/c1-20-13-23(27-5-4-6-31(36-27)42-19-25-8-7-22(16-34)14-26(25)33)11-12-37(20)18-30-35-28-10-9-24(32(39)40)15-29(28)38(30)17-21(2)41-3/h4-10,14-15,20-21,23H,11-13,17-19H2,1-3H3,(H,39,40)/t20?,21-,23?/m1/s1. The molecule has 1 fully saturated rings. The third-order valence-electron chi connectivity index (χ3n) is 8.00. The number of piperidine rings is 1. The van der Waals surface area contributed by atoms with Gasteiger partial charge in [0.15, 0.2) is 0 Å². The van der Waals surface area contributed by atoms with Gasteiger partial charge >= 0.3 is 5.97 Å². The van der Waals surface area contributed by atoms with E-state index in [1.807, 2.05) is 25.1 Å². The number of methoxy groups -OCH3 is 1. The van der Waals surface area contributed by atoms with Crippen LogP contribution in [0.5, 0.6) is 5.88 Å². The topological polar surface area (TPSA) is 114 Å². The third-order valence-corrected chi connectivity index (χ3v) is 8.00. The van der Waals surface area contributed by atoms with Crippen molar-refractivity contribution in [2.24, 2.45) is 0 Å². The van der Waals surface area contributed by atoms with Crippen molar-refractivity contribution in [2.75, 3.05) is 13.7 Å². The van der Waals surface area contributed by atoms with Gasteiger partial charge in [0.25, 0.3) is 0 Å². The minimum absolute atomic E-state index is 0.0273. The third kappa shape index (κ3) is 6.43. The number of likely N-dealkylation sites (tertiary alicyclic amines) is 1. The molecule has 3 atom stereocenters. The number of fused-ring (bicyclic) bond motifs is 1. The summed E-state index contributed by atoms with van der Waals surface area (Å²) in [6.45, 7) is 6.26. The molecule has 218 valence electrons. The van der Waals surface area contributed by atoms with Crippen LogP contribution in [-0.2, 0) is 24.4 Å². The molecule has 2 aromatic heterocycles. The van der Waals surface area contributed by atoms with E-state index in [0.29, 0.717) is 24.5 Å². The van der Waals surface area contributed by atoms with E-state index in [2.05, 4.69) is 16.4 Å². The molecule has 0 amide bonds. The molecule has 42 heavy (non-hydrogen) atoms. The number of aromatic nitrogens is 3. The van der Waals surface area contributed by atoms with Gasteiger partial charge in [0.2, 0.25) is 5.88 Å². The lowest BCUT2D eigenvalue weighted by Crippen LogP contribution is -2.40. The number of carboxylic acid groups (broad SMARTS) is 1. The van der Waals surface area contributed by atoms with Gasteiger partial charge in [-0.2, -0.15) is 5.26 Å². The van der Waals surface area contributed by atoms with E-state index in [9.17, 15) is 14.3 Å². The molecule has 2 unspecified atom stereocenters. The summed E-state index contributed by atoms with van der Waals surface area (Å²) >= 11 is 0. The largest absolute Gasteiger partial charge is 0.478 e. The number of hydrogen-bond donors (Lipinski definition) is 1. The number of carboxylic acids is 1. The monoisotopic (exact) mass is 571 g/mol. The van der Waals surface area contributed by atoms with E-state index in [4.69, 9.17) is 24.7 Å². The Balaban J connectivity index is 1.27. The molecule has 9 nitrogen and oxygen atoms in total. The zero-order chi connectivity index (χ0) is 29.8. The maximum absolute atomic E-state index is 14.3. The van der Waals surface area contributed by atoms with E-state index in [-0.39, 0.29) is 35.8 Å². The van der Waals surface area contributed by atoms with Crippen molar-refractivity contribution in [1.29, 1.82) is 5.26 Å². The highest BCUT2D eigenvalue weighted by Crippen LogP contribution is 2.33. The molecule has 4 aromatic rings. The average molecular weight is 572 g/mol. The molecule has 5 rings (SSSR count). The fourth-order valence-corrected chi connectivity index (χ4v) is 5.49. The number of rotatable bonds is 10. The molecule has 0 radical (unpaired) electrons. The summed E-state index contributed by atoms with van der Waals surface area (Å²) in [5, 5.41) is 18.5. The summed E-state index contributed by atoms with van der Waals surface area (Å²) in [6, 6.07) is 17.2. The van der Waals surface area contributed by atoms with Crippen LogP contribution >= 0.6 is 0 Å².